The van der Waals surface area contributed by atoms with Gasteiger partial charge in [0.05, 0.1) is 0 Å². The number of halogens is 1. The zero-order valence-corrected chi connectivity index (χ0v) is 12.2. The third-order valence-corrected chi connectivity index (χ3v) is 2.34. The molecule has 0 aliphatic carbocycles. The van der Waals surface area contributed by atoms with E-state index in [4.69, 9.17) is 9.47 Å². The highest BCUT2D eigenvalue weighted by molar-refractivity contribution is 14.1. The molecular weight excluding hydrogens is 361 g/mol. The lowest BCUT2D eigenvalue weighted by Crippen LogP contribution is -2.31. The van der Waals surface area contributed by atoms with E-state index in [1.165, 1.54) is 0 Å². The topological polar surface area (TPSA) is 64.6 Å². The number of alkyl carbamates (subject to hydrolysis) is 1. The first kappa shape index (κ1) is 15.3. The van der Waals surface area contributed by atoms with Gasteiger partial charge in [-0.2, -0.15) is 0 Å². The quantitative estimate of drug-likeness (QED) is 0.486. The van der Waals surface area contributed by atoms with Gasteiger partial charge in [-0.3, -0.25) is 4.79 Å². The maximum atomic E-state index is 11.3. The van der Waals surface area contributed by atoms with Crippen molar-refractivity contribution in [3.8, 4) is 9.85 Å². The van der Waals surface area contributed by atoms with Crippen molar-refractivity contribution in [2.75, 3.05) is 13.2 Å². The van der Waals surface area contributed by atoms with E-state index in [0.29, 0.717) is 0 Å². The molecule has 1 amide bonds. The molecule has 0 unspecified atom stereocenters. The molecule has 0 fully saturated rings. The molecule has 0 bridgehead atoms. The minimum atomic E-state index is -0.666. The van der Waals surface area contributed by atoms with Crippen molar-refractivity contribution < 1.29 is 19.1 Å². The Bertz CT molecular complexity index is 478. The van der Waals surface area contributed by atoms with Crippen molar-refractivity contribution in [1.82, 2.24) is 5.32 Å². The Hall–Kier alpha value is -1.75. The fourth-order valence-electron chi connectivity index (χ4n) is 1.11. The highest BCUT2D eigenvalue weighted by Gasteiger charge is 2.06. The van der Waals surface area contributed by atoms with Crippen molar-refractivity contribution in [2.45, 2.75) is 6.61 Å². The Morgan fingerprint density at radius 2 is 1.95 bits per heavy atom. The number of rotatable bonds is 5. The predicted molar refractivity (Wildman–Crippen MR) is 77.4 cm³/mol. The second-order valence-electron chi connectivity index (χ2n) is 3.35. The molecule has 0 atom stereocenters. The average molecular weight is 373 g/mol. The van der Waals surface area contributed by atoms with Gasteiger partial charge < -0.3 is 14.8 Å². The van der Waals surface area contributed by atoms with Gasteiger partial charge in [-0.05, 0) is 9.49 Å². The van der Waals surface area contributed by atoms with E-state index in [1.807, 2.05) is 52.9 Å². The second-order valence-corrected chi connectivity index (χ2v) is 3.89. The third kappa shape index (κ3) is 7.31. The molecule has 0 aliphatic rings. The van der Waals surface area contributed by atoms with E-state index in [0.717, 1.165) is 5.56 Å². The Labute approximate surface area is 124 Å². The molecule has 6 heteroatoms. The molecule has 0 saturated carbocycles. The summed E-state index contributed by atoms with van der Waals surface area (Å²) in [6, 6.07) is 9.25. The number of amides is 1. The number of nitrogens with one attached hydrogen (secondary N) is 1. The third-order valence-electron chi connectivity index (χ3n) is 1.96. The Morgan fingerprint density at radius 1 is 1.21 bits per heavy atom. The molecule has 1 rings (SSSR count). The Balaban J connectivity index is 2.17. The van der Waals surface area contributed by atoms with Gasteiger partial charge in [-0.25, -0.2) is 4.79 Å². The lowest BCUT2D eigenvalue weighted by Gasteiger charge is -2.06. The van der Waals surface area contributed by atoms with E-state index in [9.17, 15) is 9.59 Å². The Kier molecular flexibility index (Phi) is 7.43. The first-order valence-corrected chi connectivity index (χ1v) is 6.49. The number of benzene rings is 1. The van der Waals surface area contributed by atoms with Crippen LogP contribution in [0, 0.1) is 9.85 Å². The maximum Gasteiger partial charge on any atom is 0.407 e. The van der Waals surface area contributed by atoms with Crippen LogP contribution >= 0.6 is 22.6 Å². The fourth-order valence-corrected chi connectivity index (χ4v) is 1.27. The van der Waals surface area contributed by atoms with Crippen LogP contribution in [0.2, 0.25) is 0 Å². The van der Waals surface area contributed by atoms with E-state index in [1.54, 1.807) is 0 Å². The molecule has 5 nitrogen and oxygen atoms in total. The summed E-state index contributed by atoms with van der Waals surface area (Å²) in [6.07, 6.45) is -0.666. The molecule has 0 saturated heterocycles. The summed E-state index contributed by atoms with van der Waals surface area (Å²) in [7, 11) is 0. The number of carbonyl (C=O) groups is 2. The summed E-state index contributed by atoms with van der Waals surface area (Å²) in [5.74, 6) is 2.00. The number of hydrogen-bond acceptors (Lipinski definition) is 4. The molecule has 0 radical (unpaired) electrons. The lowest BCUT2D eigenvalue weighted by molar-refractivity contribution is -0.141. The van der Waals surface area contributed by atoms with Gasteiger partial charge in [0.15, 0.2) is 6.61 Å². The molecule has 0 aliphatic heterocycles. The van der Waals surface area contributed by atoms with Gasteiger partial charge in [-0.1, -0.05) is 36.3 Å². The molecule has 19 heavy (non-hydrogen) atoms. The van der Waals surface area contributed by atoms with Gasteiger partial charge in [0.1, 0.15) is 13.2 Å². The van der Waals surface area contributed by atoms with Crippen LogP contribution < -0.4 is 5.32 Å². The van der Waals surface area contributed by atoms with E-state index in [2.05, 4.69) is 15.2 Å². The van der Waals surface area contributed by atoms with Crippen molar-refractivity contribution in [3.63, 3.8) is 0 Å². The molecule has 0 aromatic heterocycles. The van der Waals surface area contributed by atoms with E-state index >= 15 is 0 Å². The number of esters is 1. The normalized spacial score (nSPS) is 8.89. The summed E-state index contributed by atoms with van der Waals surface area (Å²) in [4.78, 5) is 22.4. The fraction of sp³-hybridized carbons (Fsp3) is 0.231. The van der Waals surface area contributed by atoms with Crippen molar-refractivity contribution >= 4 is 34.7 Å². The summed E-state index contributed by atoms with van der Waals surface area (Å²) in [6.45, 7) is -0.0684. The van der Waals surface area contributed by atoms with E-state index < -0.39 is 12.1 Å². The standard InChI is InChI=1S/C13H12INO4/c14-7-4-8-18-12(16)9-15-13(17)19-10-11-5-2-1-3-6-11/h1-3,5-6H,8-10H2,(H,15,17). The van der Waals surface area contributed by atoms with Gasteiger partial charge in [0.25, 0.3) is 0 Å². The minimum Gasteiger partial charge on any atom is -0.451 e. The molecule has 1 aromatic carbocycles. The van der Waals surface area contributed by atoms with E-state index in [-0.39, 0.29) is 19.8 Å². The zero-order chi connectivity index (χ0) is 13.9. The van der Waals surface area contributed by atoms with Gasteiger partial charge in [0.2, 0.25) is 0 Å². The van der Waals surface area contributed by atoms with Gasteiger partial charge in [-0.15, -0.1) is 0 Å². The SMILES string of the molecule is O=C(CNC(=O)OCc1ccccc1)OCC#CI. The average Bonchev–Trinajstić information content (AvgIpc) is 2.44. The summed E-state index contributed by atoms with van der Waals surface area (Å²) < 4.78 is 12.2. The van der Waals surface area contributed by atoms with Crippen LogP contribution in [0.5, 0.6) is 0 Å². The van der Waals surface area contributed by atoms with Crippen LogP contribution in [0.25, 0.3) is 0 Å². The smallest absolute Gasteiger partial charge is 0.407 e. The molecule has 1 N–H and O–H groups in total. The van der Waals surface area contributed by atoms with Crippen LogP contribution in [0.15, 0.2) is 30.3 Å². The summed E-state index contributed by atoms with van der Waals surface area (Å²) >= 11 is 1.84. The second kappa shape index (κ2) is 9.22. The highest BCUT2D eigenvalue weighted by atomic mass is 127. The minimum absolute atomic E-state index is 0.0164. The maximum absolute atomic E-state index is 11.3. The number of ether oxygens (including phenoxy) is 2. The van der Waals surface area contributed by atoms with Crippen LogP contribution in [0.1, 0.15) is 5.56 Å². The van der Waals surface area contributed by atoms with Crippen molar-refractivity contribution in [1.29, 1.82) is 0 Å². The highest BCUT2D eigenvalue weighted by Crippen LogP contribution is 2.00. The van der Waals surface area contributed by atoms with Crippen LogP contribution in [0.4, 0.5) is 4.79 Å². The molecule has 1 aromatic rings. The van der Waals surface area contributed by atoms with Crippen molar-refractivity contribution in [2.24, 2.45) is 0 Å². The summed E-state index contributed by atoms with van der Waals surface area (Å²) in [5, 5.41) is 2.29. The van der Waals surface area contributed by atoms with Crippen LogP contribution in [-0.2, 0) is 20.9 Å². The van der Waals surface area contributed by atoms with Gasteiger partial charge >= 0.3 is 12.1 Å². The zero-order valence-electron chi connectivity index (χ0n) is 10.0. The summed E-state index contributed by atoms with van der Waals surface area (Å²) in [5.41, 5.74) is 0.873. The number of carbonyl (C=O) groups excluding carboxylic acids is 2. The molecule has 100 valence electrons. The molecule has 0 spiro atoms. The lowest BCUT2D eigenvalue weighted by atomic mass is 10.2. The van der Waals surface area contributed by atoms with Crippen molar-refractivity contribution in [3.05, 3.63) is 35.9 Å². The van der Waals surface area contributed by atoms with Crippen LogP contribution in [0.3, 0.4) is 0 Å². The molecular formula is C13H12INO4. The molecule has 0 heterocycles. The predicted octanol–water partition coefficient (Wildman–Crippen LogP) is 1.85. The largest absolute Gasteiger partial charge is 0.451 e. The van der Waals surface area contributed by atoms with Gasteiger partial charge in [0, 0.05) is 22.6 Å². The monoisotopic (exact) mass is 373 g/mol. The van der Waals surface area contributed by atoms with Crippen LogP contribution in [-0.4, -0.2) is 25.2 Å². The number of hydrogen-bond donors (Lipinski definition) is 1. The Morgan fingerprint density at radius 3 is 2.63 bits per heavy atom. The first-order chi connectivity index (χ1) is 9.22. The first-order valence-electron chi connectivity index (χ1n) is 5.41.